The zero-order chi connectivity index (χ0) is 31.6. The molecule has 242 valence electrons. The van der Waals surface area contributed by atoms with Crippen LogP contribution in [0.4, 0.5) is 5.69 Å². The number of rotatable bonds is 11. The van der Waals surface area contributed by atoms with E-state index in [9.17, 15) is 9.90 Å². The van der Waals surface area contributed by atoms with Crippen molar-refractivity contribution in [3.63, 3.8) is 0 Å². The number of ether oxygens (including phenoxy) is 2. The number of anilines is 1. The first-order valence-corrected chi connectivity index (χ1v) is 17.2. The average Bonchev–Trinajstić information content (AvgIpc) is 3.51. The number of benzene rings is 2. The molecule has 0 aromatic heterocycles. The van der Waals surface area contributed by atoms with E-state index >= 15 is 0 Å². The van der Waals surface area contributed by atoms with Gasteiger partial charge >= 0.3 is 0 Å². The van der Waals surface area contributed by atoms with Crippen molar-refractivity contribution in [1.29, 1.82) is 0 Å². The first kappa shape index (κ1) is 34.3. The van der Waals surface area contributed by atoms with Crippen molar-refractivity contribution < 1.29 is 19.4 Å². The molecule has 1 saturated heterocycles. The third-order valence-corrected chi connectivity index (χ3v) is 9.72. The summed E-state index contributed by atoms with van der Waals surface area (Å²) in [6, 6.07) is 12.2. The molecule has 1 saturated carbocycles. The largest absolute Gasteiger partial charge is 0.491 e. The number of hydrogen-bond acceptors (Lipinski definition) is 5. The average molecular weight is 625 g/mol. The van der Waals surface area contributed by atoms with Gasteiger partial charge in [-0.05, 0) is 91.8 Å². The molecule has 2 heterocycles. The van der Waals surface area contributed by atoms with Crippen LogP contribution in [0.5, 0.6) is 5.75 Å². The Balaban J connectivity index is 0.00000216. The predicted octanol–water partition coefficient (Wildman–Crippen LogP) is 7.96. The van der Waals surface area contributed by atoms with Gasteiger partial charge in [0.15, 0.2) is 0 Å². The Morgan fingerprint density at radius 2 is 1.93 bits per heavy atom. The fraction of sp³-hybridized carbons (Fsp3) is 0.595. The lowest BCUT2D eigenvalue weighted by Crippen LogP contribution is -2.44. The van der Waals surface area contributed by atoms with Gasteiger partial charge in [0, 0.05) is 44.2 Å². The molecule has 44 heavy (non-hydrogen) atoms. The van der Waals surface area contributed by atoms with Crippen LogP contribution in [-0.4, -0.2) is 61.9 Å². The molecule has 2 fully saturated rings. The van der Waals surface area contributed by atoms with Gasteiger partial charge in [-0.3, -0.25) is 4.79 Å². The van der Waals surface area contributed by atoms with Crippen molar-refractivity contribution >= 4 is 23.2 Å². The third-order valence-electron chi connectivity index (χ3n) is 9.49. The summed E-state index contributed by atoms with van der Waals surface area (Å²) in [5, 5.41) is 11.9. The summed E-state index contributed by atoms with van der Waals surface area (Å²) in [6.45, 7) is 12.1. The lowest BCUT2D eigenvalue weighted by Gasteiger charge is -2.43. The van der Waals surface area contributed by atoms with E-state index in [0.29, 0.717) is 18.4 Å². The van der Waals surface area contributed by atoms with Gasteiger partial charge in [0.25, 0.3) is 0 Å². The first-order valence-electron chi connectivity index (χ1n) is 16.8. The van der Waals surface area contributed by atoms with Crippen LogP contribution < -0.4 is 9.64 Å². The Morgan fingerprint density at radius 3 is 2.59 bits per heavy atom. The molecule has 2 aromatic rings. The van der Waals surface area contributed by atoms with Crippen LogP contribution in [0.1, 0.15) is 94.9 Å². The number of fused-ring (bicyclic) bond motifs is 1. The number of amides is 1. The van der Waals surface area contributed by atoms with E-state index in [-0.39, 0.29) is 24.3 Å². The second kappa shape index (κ2) is 16.7. The molecule has 5 unspecified atom stereocenters. The molecule has 3 aliphatic rings. The summed E-state index contributed by atoms with van der Waals surface area (Å²) < 4.78 is 12.4. The molecule has 2 aromatic carbocycles. The Hall–Kier alpha value is -2.54. The van der Waals surface area contributed by atoms with Crippen molar-refractivity contribution in [3.8, 4) is 5.75 Å². The van der Waals surface area contributed by atoms with Gasteiger partial charge in [0.2, 0.25) is 5.91 Å². The monoisotopic (exact) mass is 624 g/mol. The third kappa shape index (κ3) is 8.18. The topological polar surface area (TPSA) is 62.2 Å². The number of carbonyl (C=O) groups is 1. The molecule has 1 amide bonds. The molecule has 1 aliphatic carbocycles. The van der Waals surface area contributed by atoms with Crippen molar-refractivity contribution in [2.45, 2.75) is 90.8 Å². The van der Waals surface area contributed by atoms with E-state index in [2.05, 4.69) is 42.2 Å². The van der Waals surface area contributed by atoms with E-state index in [1.54, 1.807) is 7.11 Å². The minimum absolute atomic E-state index is 0.0289. The van der Waals surface area contributed by atoms with Crippen LogP contribution in [0.25, 0.3) is 0 Å². The van der Waals surface area contributed by atoms with Crippen LogP contribution in [0.3, 0.4) is 0 Å². The van der Waals surface area contributed by atoms with Gasteiger partial charge in [0.05, 0.1) is 30.9 Å². The van der Waals surface area contributed by atoms with Crippen LogP contribution >= 0.6 is 11.6 Å². The highest BCUT2D eigenvalue weighted by Gasteiger charge is 2.38. The lowest BCUT2D eigenvalue weighted by molar-refractivity contribution is -0.132. The fourth-order valence-corrected chi connectivity index (χ4v) is 7.23. The van der Waals surface area contributed by atoms with E-state index in [1.165, 1.54) is 11.1 Å². The minimum Gasteiger partial charge on any atom is -0.491 e. The highest BCUT2D eigenvalue weighted by Crippen LogP contribution is 2.43. The number of aliphatic hydroxyl groups excluding tert-OH is 1. The number of aliphatic hydroxyl groups is 1. The second-order valence-electron chi connectivity index (χ2n) is 12.3. The molecular weight excluding hydrogens is 572 g/mol. The molecule has 2 aliphatic heterocycles. The summed E-state index contributed by atoms with van der Waals surface area (Å²) in [5.74, 6) is 1.99. The van der Waals surface area contributed by atoms with Crippen molar-refractivity contribution in [2.24, 2.45) is 11.8 Å². The van der Waals surface area contributed by atoms with Crippen molar-refractivity contribution in [1.82, 2.24) is 4.90 Å². The quantitative estimate of drug-likeness (QED) is 0.257. The molecule has 1 N–H and O–H groups in total. The van der Waals surface area contributed by atoms with Gasteiger partial charge in [-0.2, -0.15) is 0 Å². The Bertz CT molecular complexity index is 1240. The summed E-state index contributed by atoms with van der Waals surface area (Å²) in [4.78, 5) is 17.2. The zero-order valence-corrected chi connectivity index (χ0v) is 28.2. The molecule has 7 heteroatoms. The van der Waals surface area contributed by atoms with Crippen LogP contribution in [0, 0.1) is 11.8 Å². The van der Waals surface area contributed by atoms with Crippen LogP contribution in [-0.2, 0) is 16.0 Å². The maximum absolute atomic E-state index is 12.8. The zero-order valence-electron chi connectivity index (χ0n) is 27.4. The lowest BCUT2D eigenvalue weighted by atomic mass is 9.70. The highest BCUT2D eigenvalue weighted by molar-refractivity contribution is 6.30. The minimum atomic E-state index is -0.847. The molecule has 0 spiro atoms. The van der Waals surface area contributed by atoms with E-state index in [0.717, 1.165) is 86.7 Å². The maximum atomic E-state index is 12.8. The molecule has 5 atom stereocenters. The van der Waals surface area contributed by atoms with Crippen molar-refractivity contribution in [2.75, 3.05) is 44.8 Å². The van der Waals surface area contributed by atoms with Gasteiger partial charge in [-0.25, -0.2) is 0 Å². The fourth-order valence-electron chi connectivity index (χ4n) is 7.04. The number of methoxy groups -OCH3 is 1. The second-order valence-corrected chi connectivity index (χ2v) is 12.7. The van der Waals surface area contributed by atoms with E-state index < -0.39 is 6.10 Å². The summed E-state index contributed by atoms with van der Waals surface area (Å²) in [6.07, 6.45) is 10.1. The summed E-state index contributed by atoms with van der Waals surface area (Å²) >= 11 is 6.42. The van der Waals surface area contributed by atoms with Gasteiger partial charge < -0.3 is 24.4 Å². The normalized spacial score (nSPS) is 22.8. The number of aryl methyl sites for hydroxylation is 1. The first-order chi connectivity index (χ1) is 21.4. The van der Waals surface area contributed by atoms with Crippen molar-refractivity contribution in [3.05, 3.63) is 70.3 Å². The van der Waals surface area contributed by atoms with Gasteiger partial charge in [-0.1, -0.05) is 63.1 Å². The SMILES string of the molecule is C/C=C/C(OC)C1CCC1CN1CC(c2ccc(Cl)cc2CCC)COc2ccc(C(O)CC(=O)N3CCCC3)cc21.CC. The highest BCUT2D eigenvalue weighted by atomic mass is 35.5. The number of likely N-dealkylation sites (tertiary alicyclic amines) is 1. The summed E-state index contributed by atoms with van der Waals surface area (Å²) in [7, 11) is 1.80. The van der Waals surface area contributed by atoms with Gasteiger partial charge in [0.1, 0.15) is 5.75 Å². The van der Waals surface area contributed by atoms with Gasteiger partial charge in [-0.15, -0.1) is 0 Å². The standard InChI is InChI=1S/C35H47ClN2O4.C2H6/c1-4-8-24-18-28(36)12-14-29(24)27-22-38(21-26-10-13-30(26)33(41-3)9-5-2)31-19-25(11-15-34(31)42-23-27)32(39)20-35(40)37-16-6-7-17-37;1-2/h5,9,11-12,14-15,18-19,26-27,30,32-33,39H,4,6-8,10,13,16-17,20-23H2,1-3H3;1-2H3/b9-5+;. The maximum Gasteiger partial charge on any atom is 0.225 e. The predicted molar refractivity (Wildman–Crippen MR) is 181 cm³/mol. The number of nitrogens with zero attached hydrogens (tertiary/aromatic N) is 2. The number of hydrogen-bond donors (Lipinski definition) is 1. The van der Waals surface area contributed by atoms with Crippen LogP contribution in [0.15, 0.2) is 48.6 Å². The molecule has 5 rings (SSSR count). The van der Waals surface area contributed by atoms with E-state index in [4.69, 9.17) is 21.1 Å². The van der Waals surface area contributed by atoms with E-state index in [1.807, 2.05) is 43.9 Å². The molecular formula is C37H53ClN2O4. The number of halogens is 1. The Kier molecular flexibility index (Phi) is 13.0. The molecule has 0 radical (unpaired) electrons. The molecule has 0 bridgehead atoms. The molecule has 6 nitrogen and oxygen atoms in total. The summed E-state index contributed by atoms with van der Waals surface area (Å²) in [5.41, 5.74) is 4.35. The number of carbonyl (C=O) groups excluding carboxylic acids is 1. The Labute approximate surface area is 270 Å². The number of allylic oxidation sites excluding steroid dienone is 1. The van der Waals surface area contributed by atoms with Crippen LogP contribution in [0.2, 0.25) is 5.02 Å². The Morgan fingerprint density at radius 1 is 1.16 bits per heavy atom. The smallest absolute Gasteiger partial charge is 0.225 e.